The zero-order chi connectivity index (χ0) is 16.8. The minimum absolute atomic E-state index is 0.0294. The molecule has 0 radical (unpaired) electrons. The SMILES string of the molecule is CCCN(CC(=O)N1CCNCC1)C(=O)c1ccc(F)c(Cl)c1. The standard InChI is InChI=1S/C16H21ClFN3O2/c1-2-7-21(11-15(22)20-8-5-19-6-9-20)16(23)12-3-4-14(18)13(17)10-12/h3-4,10,19H,2,5-9,11H2,1H3. The monoisotopic (exact) mass is 341 g/mol. The Balaban J connectivity index is 2.08. The second kappa shape index (κ2) is 8.26. The second-order valence-corrected chi connectivity index (χ2v) is 5.89. The number of nitrogens with zero attached hydrogens (tertiary/aromatic N) is 2. The minimum atomic E-state index is -0.567. The van der Waals surface area contributed by atoms with Gasteiger partial charge in [0.05, 0.1) is 5.02 Å². The van der Waals surface area contributed by atoms with Crippen molar-refractivity contribution in [2.45, 2.75) is 13.3 Å². The highest BCUT2D eigenvalue weighted by Crippen LogP contribution is 2.17. The van der Waals surface area contributed by atoms with Gasteiger partial charge in [-0.1, -0.05) is 18.5 Å². The summed E-state index contributed by atoms with van der Waals surface area (Å²) >= 11 is 5.74. The van der Waals surface area contributed by atoms with E-state index in [9.17, 15) is 14.0 Å². The lowest BCUT2D eigenvalue weighted by Gasteiger charge is -2.30. The van der Waals surface area contributed by atoms with Crippen LogP contribution < -0.4 is 5.32 Å². The maximum absolute atomic E-state index is 13.2. The number of carbonyl (C=O) groups excluding carboxylic acids is 2. The Morgan fingerprint density at radius 3 is 2.65 bits per heavy atom. The third-order valence-corrected chi connectivity index (χ3v) is 4.03. The third-order valence-electron chi connectivity index (χ3n) is 3.74. The first-order valence-electron chi connectivity index (χ1n) is 7.75. The van der Waals surface area contributed by atoms with E-state index in [-0.39, 0.29) is 28.9 Å². The van der Waals surface area contributed by atoms with Crippen molar-refractivity contribution < 1.29 is 14.0 Å². The van der Waals surface area contributed by atoms with E-state index in [1.807, 2.05) is 6.92 Å². The summed E-state index contributed by atoms with van der Waals surface area (Å²) in [5.41, 5.74) is 0.290. The van der Waals surface area contributed by atoms with E-state index >= 15 is 0 Å². The highest BCUT2D eigenvalue weighted by atomic mass is 35.5. The number of rotatable bonds is 5. The molecule has 0 aliphatic carbocycles. The van der Waals surface area contributed by atoms with Crippen LogP contribution in [0.15, 0.2) is 18.2 Å². The van der Waals surface area contributed by atoms with Crippen molar-refractivity contribution in [3.8, 4) is 0 Å². The fraction of sp³-hybridized carbons (Fsp3) is 0.500. The Morgan fingerprint density at radius 1 is 1.35 bits per heavy atom. The summed E-state index contributed by atoms with van der Waals surface area (Å²) in [5.74, 6) is -0.944. The number of halogens is 2. The van der Waals surface area contributed by atoms with Crippen LogP contribution in [0.2, 0.25) is 5.02 Å². The first kappa shape index (κ1) is 17.7. The second-order valence-electron chi connectivity index (χ2n) is 5.49. The normalized spacial score (nSPS) is 14.7. The van der Waals surface area contributed by atoms with Crippen molar-refractivity contribution in [1.29, 1.82) is 0 Å². The van der Waals surface area contributed by atoms with Gasteiger partial charge in [-0.25, -0.2) is 4.39 Å². The number of carbonyl (C=O) groups is 2. The van der Waals surface area contributed by atoms with Crippen molar-refractivity contribution in [2.75, 3.05) is 39.3 Å². The van der Waals surface area contributed by atoms with Gasteiger partial charge in [0.15, 0.2) is 0 Å². The molecule has 1 aliphatic heterocycles. The quantitative estimate of drug-likeness (QED) is 0.888. The maximum atomic E-state index is 13.2. The molecule has 0 bridgehead atoms. The van der Waals surface area contributed by atoms with Crippen LogP contribution in [-0.2, 0) is 4.79 Å². The van der Waals surface area contributed by atoms with Crippen LogP contribution in [0.5, 0.6) is 0 Å². The molecule has 5 nitrogen and oxygen atoms in total. The summed E-state index contributed by atoms with van der Waals surface area (Å²) < 4.78 is 13.2. The van der Waals surface area contributed by atoms with Gasteiger partial charge in [0.25, 0.3) is 5.91 Å². The van der Waals surface area contributed by atoms with Gasteiger partial charge in [-0.05, 0) is 24.6 Å². The van der Waals surface area contributed by atoms with Crippen LogP contribution in [0.4, 0.5) is 4.39 Å². The average Bonchev–Trinajstić information content (AvgIpc) is 2.57. The van der Waals surface area contributed by atoms with E-state index < -0.39 is 5.82 Å². The molecule has 0 unspecified atom stereocenters. The fourth-order valence-corrected chi connectivity index (χ4v) is 2.69. The van der Waals surface area contributed by atoms with Gasteiger partial charge in [-0.15, -0.1) is 0 Å². The van der Waals surface area contributed by atoms with Gasteiger partial charge in [-0.2, -0.15) is 0 Å². The van der Waals surface area contributed by atoms with E-state index in [0.717, 1.165) is 25.6 Å². The topological polar surface area (TPSA) is 52.7 Å². The Hall–Kier alpha value is -1.66. The molecule has 23 heavy (non-hydrogen) atoms. The van der Waals surface area contributed by atoms with Gasteiger partial charge in [-0.3, -0.25) is 9.59 Å². The zero-order valence-electron chi connectivity index (χ0n) is 13.1. The molecule has 2 amide bonds. The molecule has 2 rings (SSSR count). The third kappa shape index (κ3) is 4.65. The minimum Gasteiger partial charge on any atom is -0.339 e. The summed E-state index contributed by atoms with van der Waals surface area (Å²) in [6.45, 7) is 5.26. The molecule has 1 aliphatic rings. The van der Waals surface area contributed by atoms with Crippen LogP contribution in [0, 0.1) is 5.82 Å². The molecule has 0 atom stereocenters. The molecule has 1 saturated heterocycles. The number of hydrogen-bond donors (Lipinski definition) is 1. The number of amides is 2. The Kier molecular flexibility index (Phi) is 6.36. The number of nitrogens with one attached hydrogen (secondary N) is 1. The number of hydrogen-bond acceptors (Lipinski definition) is 3. The van der Waals surface area contributed by atoms with Gasteiger partial charge < -0.3 is 15.1 Å². The predicted octanol–water partition coefficient (Wildman–Crippen LogP) is 1.76. The Labute approximate surface area is 140 Å². The molecule has 7 heteroatoms. The molecule has 1 N–H and O–H groups in total. The van der Waals surface area contributed by atoms with Gasteiger partial charge in [0, 0.05) is 38.3 Å². The summed E-state index contributed by atoms with van der Waals surface area (Å²) in [6, 6.07) is 3.86. The molecule has 0 spiro atoms. The van der Waals surface area contributed by atoms with E-state index in [0.29, 0.717) is 19.6 Å². The maximum Gasteiger partial charge on any atom is 0.254 e. The lowest BCUT2D eigenvalue weighted by Crippen LogP contribution is -2.50. The molecule has 126 valence electrons. The van der Waals surface area contributed by atoms with Crippen molar-refractivity contribution in [3.63, 3.8) is 0 Å². The van der Waals surface area contributed by atoms with Crippen LogP contribution in [0.25, 0.3) is 0 Å². The van der Waals surface area contributed by atoms with Crippen molar-refractivity contribution in [2.24, 2.45) is 0 Å². The van der Waals surface area contributed by atoms with Gasteiger partial charge in [0.2, 0.25) is 5.91 Å². The van der Waals surface area contributed by atoms with Gasteiger partial charge >= 0.3 is 0 Å². The van der Waals surface area contributed by atoms with Crippen molar-refractivity contribution in [1.82, 2.24) is 15.1 Å². The predicted molar refractivity (Wildman–Crippen MR) is 87.1 cm³/mol. The largest absolute Gasteiger partial charge is 0.339 e. The molecule has 1 heterocycles. The summed E-state index contributed by atoms with van der Waals surface area (Å²) in [6.07, 6.45) is 0.732. The number of piperazine rings is 1. The lowest BCUT2D eigenvalue weighted by molar-refractivity contribution is -0.132. The van der Waals surface area contributed by atoms with E-state index in [2.05, 4.69) is 5.32 Å². The smallest absolute Gasteiger partial charge is 0.254 e. The summed E-state index contributed by atoms with van der Waals surface area (Å²) in [7, 11) is 0. The zero-order valence-corrected chi connectivity index (χ0v) is 13.9. The fourth-order valence-electron chi connectivity index (χ4n) is 2.51. The molecule has 1 fully saturated rings. The van der Waals surface area contributed by atoms with E-state index in [1.165, 1.54) is 17.0 Å². The number of benzene rings is 1. The van der Waals surface area contributed by atoms with E-state index in [1.54, 1.807) is 4.90 Å². The van der Waals surface area contributed by atoms with Gasteiger partial charge in [0.1, 0.15) is 12.4 Å². The molecule has 0 saturated carbocycles. The first-order chi connectivity index (χ1) is 11.0. The van der Waals surface area contributed by atoms with Crippen LogP contribution in [0.3, 0.4) is 0 Å². The highest BCUT2D eigenvalue weighted by Gasteiger charge is 2.23. The molecule has 1 aromatic carbocycles. The van der Waals surface area contributed by atoms with E-state index in [4.69, 9.17) is 11.6 Å². The molecular weight excluding hydrogens is 321 g/mol. The highest BCUT2D eigenvalue weighted by molar-refractivity contribution is 6.31. The molecular formula is C16H21ClFN3O2. The Bertz CT molecular complexity index is 576. The average molecular weight is 342 g/mol. The summed E-state index contributed by atoms with van der Waals surface area (Å²) in [5, 5.41) is 3.09. The van der Waals surface area contributed by atoms with Crippen LogP contribution in [0.1, 0.15) is 23.7 Å². The van der Waals surface area contributed by atoms with Crippen LogP contribution in [-0.4, -0.2) is 60.9 Å². The first-order valence-corrected chi connectivity index (χ1v) is 8.13. The molecule has 0 aromatic heterocycles. The molecule has 1 aromatic rings. The lowest BCUT2D eigenvalue weighted by atomic mass is 10.2. The van der Waals surface area contributed by atoms with Crippen LogP contribution >= 0.6 is 11.6 Å². The Morgan fingerprint density at radius 2 is 2.04 bits per heavy atom. The van der Waals surface area contributed by atoms with Crippen molar-refractivity contribution >= 4 is 23.4 Å². The van der Waals surface area contributed by atoms with Crippen molar-refractivity contribution in [3.05, 3.63) is 34.6 Å². The summed E-state index contributed by atoms with van der Waals surface area (Å²) in [4.78, 5) is 28.2.